The Bertz CT molecular complexity index is 777. The van der Waals surface area contributed by atoms with Crippen LogP contribution in [0.3, 0.4) is 0 Å². The van der Waals surface area contributed by atoms with Gasteiger partial charge in [0.2, 0.25) is 10.0 Å². The van der Waals surface area contributed by atoms with E-state index in [9.17, 15) is 8.42 Å². The number of nitrogens with one attached hydrogen (secondary N) is 1. The van der Waals surface area contributed by atoms with E-state index < -0.39 is 10.0 Å². The van der Waals surface area contributed by atoms with E-state index in [0.29, 0.717) is 22.5 Å². The zero-order chi connectivity index (χ0) is 17.6. The number of sulfonamides is 1. The van der Waals surface area contributed by atoms with Crippen LogP contribution < -0.4 is 9.46 Å². The molecule has 0 bridgehead atoms. The molecule has 130 valence electrons. The van der Waals surface area contributed by atoms with Gasteiger partial charge in [-0.3, -0.25) is 0 Å². The van der Waals surface area contributed by atoms with Crippen LogP contribution >= 0.6 is 27.7 Å². The van der Waals surface area contributed by atoms with Crippen LogP contribution in [0.4, 0.5) is 0 Å². The summed E-state index contributed by atoms with van der Waals surface area (Å²) < 4.78 is 32.9. The summed E-state index contributed by atoms with van der Waals surface area (Å²) in [7, 11) is -1.97. The Morgan fingerprint density at radius 3 is 2.50 bits per heavy atom. The molecule has 0 radical (unpaired) electrons. The average molecular weight is 430 g/mol. The molecule has 0 aromatic heterocycles. The van der Waals surface area contributed by atoms with E-state index in [1.165, 1.54) is 24.3 Å². The summed E-state index contributed by atoms with van der Waals surface area (Å²) in [4.78, 5) is 0.221. The van der Waals surface area contributed by atoms with E-state index >= 15 is 0 Å². The van der Waals surface area contributed by atoms with Crippen molar-refractivity contribution in [2.24, 2.45) is 0 Å². The van der Waals surface area contributed by atoms with Crippen molar-refractivity contribution in [1.29, 1.82) is 0 Å². The predicted octanol–water partition coefficient (Wildman–Crippen LogP) is 3.98. The summed E-state index contributed by atoms with van der Waals surface area (Å²) in [6.07, 6.45) is 0. The first-order chi connectivity index (χ1) is 11.4. The molecule has 0 atom stereocenters. The van der Waals surface area contributed by atoms with E-state index in [0.717, 1.165) is 5.75 Å². The molecule has 0 aliphatic heterocycles. The molecule has 2 aromatic rings. The molecule has 0 unspecified atom stereocenters. The highest BCUT2D eigenvalue weighted by Crippen LogP contribution is 2.27. The van der Waals surface area contributed by atoms with Gasteiger partial charge in [-0.1, -0.05) is 29.8 Å². The Hall–Kier alpha value is -1.02. The Morgan fingerprint density at radius 1 is 1.17 bits per heavy atom. The fourth-order valence-corrected chi connectivity index (χ4v) is 4.72. The summed E-state index contributed by atoms with van der Waals surface area (Å²) in [5.74, 6) is 2.18. The van der Waals surface area contributed by atoms with Gasteiger partial charge >= 0.3 is 0 Å². The Balaban J connectivity index is 1.82. The van der Waals surface area contributed by atoms with Crippen molar-refractivity contribution in [3.8, 4) is 5.75 Å². The molecule has 2 rings (SSSR count). The minimum atomic E-state index is -3.51. The third kappa shape index (κ3) is 5.51. The first-order valence-electron chi connectivity index (χ1n) is 7.39. The molecule has 0 aliphatic rings. The molecule has 7 heteroatoms. The summed E-state index contributed by atoms with van der Waals surface area (Å²) in [6, 6.07) is 13.1. The van der Waals surface area contributed by atoms with Crippen molar-refractivity contribution in [3.63, 3.8) is 0 Å². The lowest BCUT2D eigenvalue weighted by atomic mass is 10.2. The van der Waals surface area contributed by atoms with Gasteiger partial charge in [0, 0.05) is 18.1 Å². The third-order valence-corrected chi connectivity index (χ3v) is 6.47. The van der Waals surface area contributed by atoms with Crippen LogP contribution in [0.1, 0.15) is 11.1 Å². The van der Waals surface area contributed by atoms with Crippen LogP contribution in [-0.2, 0) is 15.8 Å². The monoisotopic (exact) mass is 429 g/mol. The maximum Gasteiger partial charge on any atom is 0.240 e. The van der Waals surface area contributed by atoms with Gasteiger partial charge in [-0.05, 0) is 46.6 Å². The zero-order valence-electron chi connectivity index (χ0n) is 13.6. The number of rotatable bonds is 8. The van der Waals surface area contributed by atoms with Gasteiger partial charge in [0.15, 0.2) is 0 Å². The summed E-state index contributed by atoms with van der Waals surface area (Å²) in [5, 5.41) is 0. The smallest absolute Gasteiger partial charge is 0.240 e. The first kappa shape index (κ1) is 19.3. The Morgan fingerprint density at radius 2 is 1.88 bits per heavy atom. The largest absolute Gasteiger partial charge is 0.496 e. The standard InChI is InChI=1S/C17H20BrNO3S2/c1-13-3-5-14(6-4-13)12-23-10-9-19-24(20,21)15-7-8-17(22-2)16(18)11-15/h3-8,11,19H,9-10,12H2,1-2H3. The zero-order valence-corrected chi connectivity index (χ0v) is 16.8. The molecular weight excluding hydrogens is 410 g/mol. The predicted molar refractivity (Wildman–Crippen MR) is 103 cm³/mol. The minimum absolute atomic E-state index is 0.221. The number of aryl methyl sites for hydroxylation is 1. The molecule has 24 heavy (non-hydrogen) atoms. The number of halogens is 1. The molecule has 2 aromatic carbocycles. The lowest BCUT2D eigenvalue weighted by Gasteiger charge is -2.09. The maximum atomic E-state index is 12.3. The molecule has 0 heterocycles. The van der Waals surface area contributed by atoms with Crippen LogP contribution in [-0.4, -0.2) is 27.8 Å². The quantitative estimate of drug-likeness (QED) is 0.644. The fourth-order valence-electron chi connectivity index (χ4n) is 2.02. The third-order valence-electron chi connectivity index (χ3n) is 3.36. The lowest BCUT2D eigenvalue weighted by molar-refractivity contribution is 0.411. The van der Waals surface area contributed by atoms with Gasteiger partial charge in [-0.15, -0.1) is 0 Å². The van der Waals surface area contributed by atoms with Crippen LogP contribution in [0.2, 0.25) is 0 Å². The molecule has 0 saturated heterocycles. The molecule has 0 spiro atoms. The molecule has 0 aliphatic carbocycles. The van der Waals surface area contributed by atoms with Crippen LogP contribution in [0, 0.1) is 6.92 Å². The number of hydrogen-bond acceptors (Lipinski definition) is 4. The number of methoxy groups -OCH3 is 1. The van der Waals surface area contributed by atoms with Crippen molar-refractivity contribution in [1.82, 2.24) is 4.72 Å². The van der Waals surface area contributed by atoms with Gasteiger partial charge in [0.05, 0.1) is 16.5 Å². The van der Waals surface area contributed by atoms with Crippen molar-refractivity contribution in [2.75, 3.05) is 19.4 Å². The van der Waals surface area contributed by atoms with Gasteiger partial charge in [-0.2, -0.15) is 11.8 Å². The summed E-state index contributed by atoms with van der Waals surface area (Å²) in [6.45, 7) is 2.45. The van der Waals surface area contributed by atoms with E-state index in [2.05, 4.69) is 51.8 Å². The highest BCUT2D eigenvalue weighted by Gasteiger charge is 2.15. The van der Waals surface area contributed by atoms with Gasteiger partial charge < -0.3 is 4.74 Å². The molecular formula is C17H20BrNO3S2. The van der Waals surface area contributed by atoms with Crippen LogP contribution in [0.5, 0.6) is 5.75 Å². The summed E-state index contributed by atoms with van der Waals surface area (Å²) >= 11 is 5.00. The highest BCUT2D eigenvalue weighted by molar-refractivity contribution is 9.10. The van der Waals surface area contributed by atoms with Crippen molar-refractivity contribution < 1.29 is 13.2 Å². The van der Waals surface area contributed by atoms with Gasteiger partial charge in [-0.25, -0.2) is 13.1 Å². The number of thioether (sulfide) groups is 1. The maximum absolute atomic E-state index is 12.3. The average Bonchev–Trinajstić information content (AvgIpc) is 2.56. The van der Waals surface area contributed by atoms with Crippen molar-refractivity contribution in [3.05, 3.63) is 58.1 Å². The second-order valence-corrected chi connectivity index (χ2v) is 8.96. The molecule has 0 saturated carbocycles. The van der Waals surface area contributed by atoms with Crippen molar-refractivity contribution in [2.45, 2.75) is 17.6 Å². The summed E-state index contributed by atoms with van der Waals surface area (Å²) in [5.41, 5.74) is 2.48. The normalized spacial score (nSPS) is 11.5. The number of benzene rings is 2. The second-order valence-electron chi connectivity index (χ2n) is 5.23. The van der Waals surface area contributed by atoms with Crippen molar-refractivity contribution >= 4 is 37.7 Å². The van der Waals surface area contributed by atoms with E-state index in [1.54, 1.807) is 23.9 Å². The van der Waals surface area contributed by atoms with E-state index in [-0.39, 0.29) is 4.90 Å². The molecule has 0 amide bonds. The van der Waals surface area contributed by atoms with Crippen LogP contribution in [0.15, 0.2) is 51.8 Å². The lowest BCUT2D eigenvalue weighted by Crippen LogP contribution is -2.26. The molecule has 0 fully saturated rings. The topological polar surface area (TPSA) is 55.4 Å². The van der Waals surface area contributed by atoms with E-state index in [1.807, 2.05) is 0 Å². The highest BCUT2D eigenvalue weighted by atomic mass is 79.9. The second kappa shape index (κ2) is 8.89. The molecule has 1 N–H and O–H groups in total. The van der Waals surface area contributed by atoms with Gasteiger partial charge in [0.1, 0.15) is 5.75 Å². The number of hydrogen-bond donors (Lipinski definition) is 1. The number of ether oxygens (including phenoxy) is 1. The minimum Gasteiger partial charge on any atom is -0.496 e. The molecule has 4 nitrogen and oxygen atoms in total. The SMILES string of the molecule is COc1ccc(S(=O)(=O)NCCSCc2ccc(C)cc2)cc1Br. The van der Waals surface area contributed by atoms with E-state index in [4.69, 9.17) is 4.74 Å². The first-order valence-corrected chi connectivity index (χ1v) is 10.8. The van der Waals surface area contributed by atoms with Crippen LogP contribution in [0.25, 0.3) is 0 Å². The fraction of sp³-hybridized carbons (Fsp3) is 0.294. The van der Waals surface area contributed by atoms with Gasteiger partial charge in [0.25, 0.3) is 0 Å². The Kier molecular flexibility index (Phi) is 7.16. The Labute approximate surface area is 156 Å².